The Bertz CT molecular complexity index is 723. The van der Waals surface area contributed by atoms with Crippen LogP contribution in [-0.4, -0.2) is 19.7 Å². The fourth-order valence-electron chi connectivity index (χ4n) is 2.55. The Labute approximate surface area is 113 Å². The second-order valence-corrected chi connectivity index (χ2v) is 4.86. The number of nitrogens with two attached hydrogens (primary N) is 1. The fourth-order valence-corrected chi connectivity index (χ4v) is 2.55. The van der Waals surface area contributed by atoms with Crippen LogP contribution >= 0.6 is 0 Å². The van der Waals surface area contributed by atoms with Gasteiger partial charge in [0.25, 0.3) is 5.56 Å². The van der Waals surface area contributed by atoms with Crippen LogP contribution in [0.2, 0.25) is 0 Å². The van der Waals surface area contributed by atoms with Crippen LogP contribution < -0.4 is 17.0 Å². The molecule has 0 aliphatic heterocycles. The van der Waals surface area contributed by atoms with Gasteiger partial charge in [-0.25, -0.2) is 4.79 Å². The molecule has 3 rings (SSSR count). The van der Waals surface area contributed by atoms with Gasteiger partial charge in [0.05, 0.1) is 6.54 Å². The molecular weight excluding hydrogens is 262 g/mol. The molecule has 0 amide bonds. The van der Waals surface area contributed by atoms with Crippen molar-refractivity contribution in [3.63, 3.8) is 0 Å². The molecule has 0 bridgehead atoms. The quantitative estimate of drug-likeness (QED) is 0.824. The van der Waals surface area contributed by atoms with E-state index in [1.54, 1.807) is 4.57 Å². The SMILES string of the molecule is NCc1nc(-c2cn(C3CCCC3)c(=O)[nH]c2=O)no1. The Morgan fingerprint density at radius 2 is 2.15 bits per heavy atom. The van der Waals surface area contributed by atoms with E-state index in [4.69, 9.17) is 10.3 Å². The first-order valence-electron chi connectivity index (χ1n) is 6.57. The lowest BCUT2D eigenvalue weighted by Crippen LogP contribution is -2.32. The molecule has 1 fully saturated rings. The molecule has 1 aliphatic rings. The molecule has 0 unspecified atom stereocenters. The van der Waals surface area contributed by atoms with E-state index in [0.29, 0.717) is 0 Å². The minimum absolute atomic E-state index is 0.104. The molecule has 2 heterocycles. The van der Waals surface area contributed by atoms with Crippen molar-refractivity contribution in [2.24, 2.45) is 5.73 Å². The number of H-pyrrole nitrogens is 1. The van der Waals surface area contributed by atoms with Gasteiger partial charge in [-0.1, -0.05) is 18.0 Å². The Kier molecular flexibility index (Phi) is 3.23. The van der Waals surface area contributed by atoms with Gasteiger partial charge in [0.1, 0.15) is 5.56 Å². The summed E-state index contributed by atoms with van der Waals surface area (Å²) in [6, 6.07) is 0.124. The number of nitrogens with one attached hydrogen (secondary N) is 1. The number of hydrogen-bond donors (Lipinski definition) is 2. The predicted molar refractivity (Wildman–Crippen MR) is 70.0 cm³/mol. The minimum Gasteiger partial charge on any atom is -0.338 e. The summed E-state index contributed by atoms with van der Waals surface area (Å²) in [7, 11) is 0. The second kappa shape index (κ2) is 5.04. The largest absolute Gasteiger partial charge is 0.338 e. The fraction of sp³-hybridized carbons (Fsp3) is 0.500. The van der Waals surface area contributed by atoms with E-state index in [0.717, 1.165) is 25.7 Å². The number of hydrogen-bond acceptors (Lipinski definition) is 6. The molecule has 1 saturated carbocycles. The van der Waals surface area contributed by atoms with Crippen molar-refractivity contribution in [3.05, 3.63) is 32.9 Å². The topological polar surface area (TPSA) is 120 Å². The summed E-state index contributed by atoms with van der Waals surface area (Å²) in [5.41, 5.74) is 4.70. The molecule has 0 atom stereocenters. The van der Waals surface area contributed by atoms with Crippen molar-refractivity contribution in [3.8, 4) is 11.4 Å². The van der Waals surface area contributed by atoms with E-state index in [9.17, 15) is 9.59 Å². The van der Waals surface area contributed by atoms with Crippen LogP contribution in [-0.2, 0) is 6.54 Å². The summed E-state index contributed by atoms with van der Waals surface area (Å²) in [5, 5.41) is 3.71. The number of rotatable bonds is 3. The lowest BCUT2D eigenvalue weighted by molar-refractivity contribution is 0.380. The zero-order valence-corrected chi connectivity index (χ0v) is 10.8. The highest BCUT2D eigenvalue weighted by atomic mass is 16.5. The lowest BCUT2D eigenvalue weighted by atomic mass is 10.2. The molecule has 2 aromatic heterocycles. The van der Waals surface area contributed by atoms with E-state index in [-0.39, 0.29) is 29.9 Å². The van der Waals surface area contributed by atoms with Gasteiger partial charge in [0.15, 0.2) is 0 Å². The van der Waals surface area contributed by atoms with Gasteiger partial charge in [0, 0.05) is 12.2 Å². The Morgan fingerprint density at radius 1 is 1.40 bits per heavy atom. The van der Waals surface area contributed by atoms with Crippen molar-refractivity contribution in [2.75, 3.05) is 0 Å². The van der Waals surface area contributed by atoms with E-state index in [1.807, 2.05) is 0 Å². The first-order valence-corrected chi connectivity index (χ1v) is 6.57. The Hall–Kier alpha value is -2.22. The van der Waals surface area contributed by atoms with Crippen LogP contribution in [0.25, 0.3) is 11.4 Å². The summed E-state index contributed by atoms with van der Waals surface area (Å²) in [4.78, 5) is 30.1. The second-order valence-electron chi connectivity index (χ2n) is 4.86. The van der Waals surface area contributed by atoms with Gasteiger partial charge in [-0.3, -0.25) is 14.3 Å². The van der Waals surface area contributed by atoms with Crippen LogP contribution in [0, 0.1) is 0 Å². The van der Waals surface area contributed by atoms with E-state index in [1.165, 1.54) is 6.20 Å². The molecule has 8 heteroatoms. The lowest BCUT2D eigenvalue weighted by Gasteiger charge is -2.12. The molecule has 1 aliphatic carbocycles. The van der Waals surface area contributed by atoms with Crippen molar-refractivity contribution in [2.45, 2.75) is 38.3 Å². The van der Waals surface area contributed by atoms with Crippen molar-refractivity contribution < 1.29 is 4.52 Å². The Balaban J connectivity index is 2.08. The summed E-state index contributed by atoms with van der Waals surface area (Å²) in [5.74, 6) is 0.400. The zero-order chi connectivity index (χ0) is 14.1. The maximum Gasteiger partial charge on any atom is 0.328 e. The molecule has 3 N–H and O–H groups in total. The van der Waals surface area contributed by atoms with E-state index >= 15 is 0 Å². The molecule has 2 aromatic rings. The maximum atomic E-state index is 11.9. The number of aromatic amines is 1. The third-order valence-electron chi connectivity index (χ3n) is 3.57. The summed E-state index contributed by atoms with van der Waals surface area (Å²) < 4.78 is 6.45. The normalized spacial score (nSPS) is 15.8. The molecule has 8 nitrogen and oxygen atoms in total. The van der Waals surface area contributed by atoms with Crippen LogP contribution in [0.5, 0.6) is 0 Å². The summed E-state index contributed by atoms with van der Waals surface area (Å²) in [6.07, 6.45) is 5.57. The number of aromatic nitrogens is 4. The zero-order valence-electron chi connectivity index (χ0n) is 10.8. The highest BCUT2D eigenvalue weighted by Gasteiger charge is 2.21. The van der Waals surface area contributed by atoms with E-state index in [2.05, 4.69) is 15.1 Å². The first-order chi connectivity index (χ1) is 9.69. The van der Waals surface area contributed by atoms with Crippen LogP contribution in [0.1, 0.15) is 37.6 Å². The molecule has 0 radical (unpaired) electrons. The summed E-state index contributed by atoms with van der Waals surface area (Å²) in [6.45, 7) is 0.104. The highest BCUT2D eigenvalue weighted by molar-refractivity contribution is 5.50. The first kappa shape index (κ1) is 12.8. The van der Waals surface area contributed by atoms with Crippen molar-refractivity contribution >= 4 is 0 Å². The van der Waals surface area contributed by atoms with Gasteiger partial charge < -0.3 is 10.3 Å². The van der Waals surface area contributed by atoms with Gasteiger partial charge in [-0.05, 0) is 12.8 Å². The Morgan fingerprint density at radius 3 is 2.80 bits per heavy atom. The van der Waals surface area contributed by atoms with Gasteiger partial charge in [-0.15, -0.1) is 0 Å². The van der Waals surface area contributed by atoms with Crippen LogP contribution in [0.15, 0.2) is 20.3 Å². The molecular formula is C12H15N5O3. The minimum atomic E-state index is -0.520. The monoisotopic (exact) mass is 277 g/mol. The highest BCUT2D eigenvalue weighted by Crippen LogP contribution is 2.28. The molecule has 0 spiro atoms. The van der Waals surface area contributed by atoms with Crippen molar-refractivity contribution in [1.29, 1.82) is 0 Å². The van der Waals surface area contributed by atoms with Gasteiger partial charge >= 0.3 is 5.69 Å². The third-order valence-corrected chi connectivity index (χ3v) is 3.57. The van der Waals surface area contributed by atoms with E-state index < -0.39 is 11.2 Å². The molecule has 0 saturated heterocycles. The van der Waals surface area contributed by atoms with Gasteiger partial charge in [0.2, 0.25) is 11.7 Å². The van der Waals surface area contributed by atoms with Crippen LogP contribution in [0.3, 0.4) is 0 Å². The summed E-state index contributed by atoms with van der Waals surface area (Å²) >= 11 is 0. The average Bonchev–Trinajstić information content (AvgIpc) is 3.09. The van der Waals surface area contributed by atoms with Gasteiger partial charge in [-0.2, -0.15) is 4.98 Å². The average molecular weight is 277 g/mol. The standard InChI is InChI=1S/C12H15N5O3/c13-5-9-14-10(16-20-9)8-6-17(7-3-1-2-4-7)12(19)15-11(8)18/h6-7H,1-5,13H2,(H,15,18,19). The third kappa shape index (κ3) is 2.18. The van der Waals surface area contributed by atoms with Crippen LogP contribution in [0.4, 0.5) is 0 Å². The van der Waals surface area contributed by atoms with Crippen molar-refractivity contribution in [1.82, 2.24) is 19.7 Å². The predicted octanol–water partition coefficient (Wildman–Crippen LogP) is 0.160. The number of nitrogens with zero attached hydrogens (tertiary/aromatic N) is 3. The molecule has 0 aromatic carbocycles. The maximum absolute atomic E-state index is 11.9. The smallest absolute Gasteiger partial charge is 0.328 e. The molecule has 106 valence electrons. The molecule has 20 heavy (non-hydrogen) atoms.